The molecule has 2 nitrogen and oxygen atoms in total. The van der Waals surface area contributed by atoms with E-state index in [4.69, 9.17) is 5.73 Å². The minimum Gasteiger partial charge on any atom is -0.675 e. The van der Waals surface area contributed by atoms with Gasteiger partial charge in [0.15, 0.2) is 0 Å². The number of hydrogen-bond donors (Lipinski definition) is 1. The second kappa shape index (κ2) is 6.08. The summed E-state index contributed by atoms with van der Waals surface area (Å²) < 4.78 is 0. The molecule has 0 aromatic rings. The Morgan fingerprint density at radius 2 is 2.00 bits per heavy atom. The molecule has 3 heteroatoms. The van der Waals surface area contributed by atoms with Gasteiger partial charge in [-0.25, -0.2) is 0 Å². The van der Waals surface area contributed by atoms with E-state index in [9.17, 15) is 0 Å². The summed E-state index contributed by atoms with van der Waals surface area (Å²) in [6.07, 6.45) is 3.34. The Morgan fingerprint density at radius 3 is 2.36 bits per heavy atom. The Balaban J connectivity index is 0.000001000. The molecule has 1 rings (SSSR count). The van der Waals surface area contributed by atoms with E-state index in [1.54, 1.807) is 0 Å². The molecule has 11 heavy (non-hydrogen) atoms. The first-order valence-corrected chi connectivity index (χ1v) is 4.15. The Bertz CT molecular complexity index is 106. The third kappa shape index (κ3) is 4.98. The van der Waals surface area contributed by atoms with Crippen LogP contribution in [0.3, 0.4) is 0 Å². The summed E-state index contributed by atoms with van der Waals surface area (Å²) in [5.74, 6) is 0. The van der Waals surface area contributed by atoms with Gasteiger partial charge in [-0.05, 0) is 6.42 Å². The van der Waals surface area contributed by atoms with Crippen molar-refractivity contribution in [2.45, 2.75) is 51.2 Å². The van der Waals surface area contributed by atoms with Crippen LogP contribution in [0.15, 0.2) is 0 Å². The van der Waals surface area contributed by atoms with E-state index < -0.39 is 0 Å². The largest absolute Gasteiger partial charge is 1.00 e. The van der Waals surface area contributed by atoms with Gasteiger partial charge in [-0.1, -0.05) is 26.7 Å². The molecule has 2 N–H and O–H groups in total. The summed E-state index contributed by atoms with van der Waals surface area (Å²) in [5.41, 5.74) is 7.47. The predicted octanol–water partition coefficient (Wildman–Crippen LogP) is -1.04. The number of hydrogen-bond acceptors (Lipinski definition) is 1. The van der Waals surface area contributed by atoms with Crippen LogP contribution in [-0.2, 0) is 0 Å². The van der Waals surface area contributed by atoms with Crippen molar-refractivity contribution in [1.82, 2.24) is 5.32 Å². The summed E-state index contributed by atoms with van der Waals surface area (Å²) in [4.78, 5) is 0. The fraction of sp³-hybridized carbons (Fsp3) is 1.00. The van der Waals surface area contributed by atoms with Crippen molar-refractivity contribution in [1.29, 1.82) is 0 Å². The van der Waals surface area contributed by atoms with E-state index in [1.165, 1.54) is 6.42 Å². The van der Waals surface area contributed by atoms with Crippen LogP contribution < -0.4 is 56.7 Å². The van der Waals surface area contributed by atoms with Gasteiger partial charge in [-0.2, -0.15) is 0 Å². The molecule has 2 unspecified atom stereocenters. The standard InChI is InChI=1S/C8H17N2.K/c1-6(2)10-8-4-3-7(9)5-8;/h6-10H,3-5H2,1-2H3;/q-1;+1. The SMILES string of the molecule is CC(C)NC1CCC([NH-])C1.[K+]. The zero-order chi connectivity index (χ0) is 7.56. The minimum absolute atomic E-state index is 0. The van der Waals surface area contributed by atoms with Crippen molar-refractivity contribution in [2.24, 2.45) is 0 Å². The third-order valence-corrected chi connectivity index (χ3v) is 2.00. The fourth-order valence-electron chi connectivity index (χ4n) is 1.60. The molecule has 0 spiro atoms. The number of nitrogens with one attached hydrogen (secondary N) is 2. The molecule has 0 aromatic carbocycles. The molecule has 0 aromatic heterocycles. The van der Waals surface area contributed by atoms with Crippen LogP contribution in [0.5, 0.6) is 0 Å². The van der Waals surface area contributed by atoms with Gasteiger partial charge in [0, 0.05) is 12.1 Å². The van der Waals surface area contributed by atoms with Gasteiger partial charge in [0.25, 0.3) is 0 Å². The maximum atomic E-state index is 7.47. The Morgan fingerprint density at radius 1 is 1.36 bits per heavy atom. The van der Waals surface area contributed by atoms with E-state index in [1.807, 2.05) is 0 Å². The van der Waals surface area contributed by atoms with Gasteiger partial charge in [0.2, 0.25) is 0 Å². The molecule has 1 aliphatic rings. The van der Waals surface area contributed by atoms with Crippen LogP contribution in [-0.4, -0.2) is 18.1 Å². The zero-order valence-corrected chi connectivity index (χ0v) is 11.0. The molecule has 0 heterocycles. The summed E-state index contributed by atoms with van der Waals surface area (Å²) in [6.45, 7) is 4.33. The van der Waals surface area contributed by atoms with Crippen LogP contribution in [0.1, 0.15) is 33.1 Å². The van der Waals surface area contributed by atoms with Gasteiger partial charge in [0.05, 0.1) is 0 Å². The quantitative estimate of drug-likeness (QED) is 0.542. The first-order valence-electron chi connectivity index (χ1n) is 4.15. The van der Waals surface area contributed by atoms with Crippen LogP contribution in [0.4, 0.5) is 0 Å². The predicted molar refractivity (Wildman–Crippen MR) is 44.0 cm³/mol. The monoisotopic (exact) mass is 180 g/mol. The minimum atomic E-state index is 0. The van der Waals surface area contributed by atoms with Crippen molar-refractivity contribution in [3.05, 3.63) is 5.73 Å². The Hall–Kier alpha value is 1.56. The maximum absolute atomic E-state index is 7.47. The molecule has 1 fully saturated rings. The van der Waals surface area contributed by atoms with E-state index >= 15 is 0 Å². The van der Waals surface area contributed by atoms with Gasteiger partial charge in [-0.15, -0.1) is 6.04 Å². The first kappa shape index (κ1) is 12.6. The molecule has 0 bridgehead atoms. The van der Waals surface area contributed by atoms with Crippen LogP contribution in [0.25, 0.3) is 5.73 Å². The van der Waals surface area contributed by atoms with Crippen molar-refractivity contribution >= 4 is 0 Å². The molecular weight excluding hydrogens is 163 g/mol. The van der Waals surface area contributed by atoms with Crippen LogP contribution >= 0.6 is 0 Å². The van der Waals surface area contributed by atoms with Crippen molar-refractivity contribution in [3.63, 3.8) is 0 Å². The molecular formula is C8H17KN2. The topological polar surface area (TPSA) is 35.8 Å². The van der Waals surface area contributed by atoms with Crippen molar-refractivity contribution in [2.75, 3.05) is 0 Å². The maximum Gasteiger partial charge on any atom is 1.00 e. The second-order valence-corrected chi connectivity index (χ2v) is 3.53. The molecule has 60 valence electrons. The Labute approximate surface area is 112 Å². The van der Waals surface area contributed by atoms with Gasteiger partial charge >= 0.3 is 51.4 Å². The number of rotatable bonds is 2. The van der Waals surface area contributed by atoms with Gasteiger partial charge in [0.1, 0.15) is 0 Å². The smallest absolute Gasteiger partial charge is 0.675 e. The molecule has 2 atom stereocenters. The first-order chi connectivity index (χ1) is 4.68. The van der Waals surface area contributed by atoms with E-state index in [0.29, 0.717) is 12.1 Å². The summed E-state index contributed by atoms with van der Waals surface area (Å²) >= 11 is 0. The summed E-state index contributed by atoms with van der Waals surface area (Å²) in [6, 6.07) is 1.41. The zero-order valence-electron chi connectivity index (χ0n) is 7.85. The fourth-order valence-corrected chi connectivity index (χ4v) is 1.60. The summed E-state index contributed by atoms with van der Waals surface area (Å²) in [5, 5.41) is 3.45. The average Bonchev–Trinajstić information content (AvgIpc) is 2.13. The Kier molecular flexibility index (Phi) is 6.94. The molecule has 0 amide bonds. The second-order valence-electron chi connectivity index (χ2n) is 3.53. The molecule has 1 saturated carbocycles. The van der Waals surface area contributed by atoms with Crippen LogP contribution in [0, 0.1) is 0 Å². The van der Waals surface area contributed by atoms with Crippen LogP contribution in [0.2, 0.25) is 0 Å². The van der Waals surface area contributed by atoms with E-state index in [-0.39, 0.29) is 57.4 Å². The molecule has 1 aliphatic carbocycles. The molecule has 0 saturated heterocycles. The third-order valence-electron chi connectivity index (χ3n) is 2.00. The van der Waals surface area contributed by atoms with Crippen molar-refractivity contribution < 1.29 is 51.4 Å². The normalized spacial score (nSPS) is 30.5. The average molecular weight is 180 g/mol. The van der Waals surface area contributed by atoms with E-state index in [2.05, 4.69) is 19.2 Å². The molecule has 0 aliphatic heterocycles. The van der Waals surface area contributed by atoms with Gasteiger partial charge in [-0.3, -0.25) is 0 Å². The molecule has 0 radical (unpaired) electrons. The van der Waals surface area contributed by atoms with E-state index in [0.717, 1.165) is 12.8 Å². The van der Waals surface area contributed by atoms with Crippen molar-refractivity contribution in [3.8, 4) is 0 Å². The summed E-state index contributed by atoms with van der Waals surface area (Å²) in [7, 11) is 0. The van der Waals surface area contributed by atoms with Gasteiger partial charge < -0.3 is 11.1 Å².